The maximum absolute atomic E-state index is 13.2. The Hall–Kier alpha value is -2.63. The van der Waals surface area contributed by atoms with Gasteiger partial charge in [0.1, 0.15) is 0 Å². The lowest BCUT2D eigenvalue weighted by molar-refractivity contribution is 0.160. The van der Waals surface area contributed by atoms with Gasteiger partial charge in [-0.3, -0.25) is 0 Å². The molecular formula is C22H27N5O. The van der Waals surface area contributed by atoms with Gasteiger partial charge in [-0.1, -0.05) is 30.3 Å². The van der Waals surface area contributed by atoms with Crippen molar-refractivity contribution in [1.29, 1.82) is 0 Å². The summed E-state index contributed by atoms with van der Waals surface area (Å²) in [6, 6.07) is 15.5. The number of hydrogen-bond acceptors (Lipinski definition) is 4. The van der Waals surface area contributed by atoms with E-state index in [0.717, 1.165) is 51.0 Å². The van der Waals surface area contributed by atoms with Crippen molar-refractivity contribution in [3.8, 4) is 0 Å². The van der Waals surface area contributed by atoms with Crippen molar-refractivity contribution in [2.45, 2.75) is 56.1 Å². The smallest absolute Gasteiger partial charge is 0.318 e. The molecule has 3 aliphatic rings. The predicted octanol–water partition coefficient (Wildman–Crippen LogP) is 3.18. The van der Waals surface area contributed by atoms with E-state index in [2.05, 4.69) is 49.6 Å². The van der Waals surface area contributed by atoms with Gasteiger partial charge in [0.05, 0.1) is 6.04 Å². The Morgan fingerprint density at radius 1 is 1.07 bits per heavy atom. The highest BCUT2D eigenvalue weighted by Gasteiger charge is 2.44. The first kappa shape index (κ1) is 17.5. The van der Waals surface area contributed by atoms with Crippen molar-refractivity contribution >= 4 is 11.8 Å². The summed E-state index contributed by atoms with van der Waals surface area (Å²) < 4.78 is 0. The van der Waals surface area contributed by atoms with Crippen LogP contribution < -0.4 is 10.2 Å². The molecule has 146 valence electrons. The predicted molar refractivity (Wildman–Crippen MR) is 108 cm³/mol. The van der Waals surface area contributed by atoms with Crippen molar-refractivity contribution in [2.75, 3.05) is 18.0 Å². The zero-order chi connectivity index (χ0) is 18.9. The van der Waals surface area contributed by atoms with Crippen molar-refractivity contribution in [3.63, 3.8) is 0 Å². The number of hydrogen-bond donors (Lipinski definition) is 1. The zero-order valence-corrected chi connectivity index (χ0v) is 16.1. The minimum Gasteiger partial charge on any atom is -0.353 e. The van der Waals surface area contributed by atoms with Gasteiger partial charge in [-0.05, 0) is 49.8 Å². The number of anilines is 1. The van der Waals surface area contributed by atoms with Crippen LogP contribution in [0.2, 0.25) is 0 Å². The molecule has 0 unspecified atom stereocenters. The van der Waals surface area contributed by atoms with Crippen molar-refractivity contribution in [1.82, 2.24) is 20.4 Å². The Balaban J connectivity index is 1.24. The molecule has 2 saturated carbocycles. The molecule has 0 radical (unpaired) electrons. The van der Waals surface area contributed by atoms with Crippen LogP contribution in [0, 0.1) is 0 Å². The summed E-state index contributed by atoms with van der Waals surface area (Å²) in [7, 11) is 0. The molecule has 1 aromatic heterocycles. The van der Waals surface area contributed by atoms with Gasteiger partial charge in [0.2, 0.25) is 0 Å². The zero-order valence-electron chi connectivity index (χ0n) is 16.1. The summed E-state index contributed by atoms with van der Waals surface area (Å²) in [5.74, 6) is 1.38. The topological polar surface area (TPSA) is 61.4 Å². The molecule has 0 spiro atoms. The van der Waals surface area contributed by atoms with Gasteiger partial charge >= 0.3 is 6.03 Å². The number of aromatic nitrogens is 2. The number of nitrogens with zero attached hydrogens (tertiary/aromatic N) is 4. The SMILES string of the molecule is O=C(N[C@H]1C[C@@H]1c1ccccc1)N(C1CC1)[C@@H]1CCCN(c2cccnn2)C1. The van der Waals surface area contributed by atoms with Crippen LogP contribution in [0.1, 0.15) is 43.6 Å². The van der Waals surface area contributed by atoms with Gasteiger partial charge in [0.15, 0.2) is 5.82 Å². The maximum Gasteiger partial charge on any atom is 0.318 e. The van der Waals surface area contributed by atoms with Crippen LogP contribution in [0.4, 0.5) is 10.6 Å². The monoisotopic (exact) mass is 377 g/mol. The second-order valence-corrected chi connectivity index (χ2v) is 8.27. The number of rotatable bonds is 5. The lowest BCUT2D eigenvalue weighted by Gasteiger charge is -2.40. The summed E-state index contributed by atoms with van der Waals surface area (Å²) in [5.41, 5.74) is 1.33. The highest BCUT2D eigenvalue weighted by molar-refractivity contribution is 5.76. The summed E-state index contributed by atoms with van der Waals surface area (Å²) in [6.07, 6.45) is 7.14. The van der Waals surface area contributed by atoms with E-state index in [9.17, 15) is 4.79 Å². The number of nitrogens with one attached hydrogen (secondary N) is 1. The fourth-order valence-corrected chi connectivity index (χ4v) is 4.49. The molecule has 5 rings (SSSR count). The van der Waals surface area contributed by atoms with E-state index in [1.165, 1.54) is 5.56 Å². The Labute approximate surface area is 165 Å². The first-order valence-corrected chi connectivity index (χ1v) is 10.5. The molecule has 6 heteroatoms. The first-order valence-electron chi connectivity index (χ1n) is 10.5. The highest BCUT2D eigenvalue weighted by atomic mass is 16.2. The van der Waals surface area contributed by atoms with Crippen molar-refractivity contribution < 1.29 is 4.79 Å². The van der Waals surface area contributed by atoms with Gasteiger partial charge < -0.3 is 15.1 Å². The molecule has 1 aromatic carbocycles. The van der Waals surface area contributed by atoms with Gasteiger partial charge in [-0.25, -0.2) is 4.79 Å². The van der Waals surface area contributed by atoms with Crippen LogP contribution in [-0.2, 0) is 0 Å². The number of amides is 2. The average molecular weight is 377 g/mol. The molecule has 3 fully saturated rings. The molecule has 3 atom stereocenters. The Morgan fingerprint density at radius 3 is 2.68 bits per heavy atom. The fourth-order valence-electron chi connectivity index (χ4n) is 4.49. The highest BCUT2D eigenvalue weighted by Crippen LogP contribution is 2.41. The molecule has 2 aliphatic carbocycles. The van der Waals surface area contributed by atoms with Crippen LogP contribution in [0.5, 0.6) is 0 Å². The number of carbonyl (C=O) groups excluding carboxylic acids is 1. The molecule has 0 bridgehead atoms. The number of piperidine rings is 1. The van der Waals surface area contributed by atoms with E-state index in [-0.39, 0.29) is 18.1 Å². The molecule has 1 saturated heterocycles. The molecule has 2 heterocycles. The second kappa shape index (κ2) is 7.41. The van der Waals surface area contributed by atoms with Gasteiger partial charge in [0.25, 0.3) is 0 Å². The third-order valence-electron chi connectivity index (χ3n) is 6.17. The normalized spacial score (nSPS) is 26.6. The molecule has 2 amide bonds. The summed E-state index contributed by atoms with van der Waals surface area (Å²) in [4.78, 5) is 17.6. The van der Waals surface area contributed by atoms with Gasteiger partial charge in [0, 0.05) is 37.3 Å². The van der Waals surface area contributed by atoms with Crippen LogP contribution in [0.3, 0.4) is 0 Å². The van der Waals surface area contributed by atoms with Crippen LogP contribution in [0.25, 0.3) is 0 Å². The van der Waals surface area contributed by atoms with E-state index in [0.29, 0.717) is 12.0 Å². The fraction of sp³-hybridized carbons (Fsp3) is 0.500. The van der Waals surface area contributed by atoms with Crippen molar-refractivity contribution in [3.05, 3.63) is 54.2 Å². The maximum atomic E-state index is 13.2. The van der Waals surface area contributed by atoms with Gasteiger partial charge in [-0.2, -0.15) is 5.10 Å². The van der Waals surface area contributed by atoms with Crippen LogP contribution in [-0.4, -0.2) is 52.3 Å². The van der Waals surface area contributed by atoms with E-state index >= 15 is 0 Å². The Bertz CT molecular complexity index is 810. The third-order valence-corrected chi connectivity index (χ3v) is 6.17. The molecule has 1 aliphatic heterocycles. The summed E-state index contributed by atoms with van der Waals surface area (Å²) >= 11 is 0. The molecule has 1 N–H and O–H groups in total. The number of urea groups is 1. The van der Waals surface area contributed by atoms with E-state index in [4.69, 9.17) is 0 Å². The van der Waals surface area contributed by atoms with E-state index < -0.39 is 0 Å². The number of benzene rings is 1. The lowest BCUT2D eigenvalue weighted by atomic mass is 10.0. The summed E-state index contributed by atoms with van der Waals surface area (Å²) in [5, 5.41) is 11.6. The Morgan fingerprint density at radius 2 is 1.93 bits per heavy atom. The van der Waals surface area contributed by atoms with Gasteiger partial charge in [-0.15, -0.1) is 5.10 Å². The minimum absolute atomic E-state index is 0.122. The average Bonchev–Trinajstić information content (AvgIpc) is 3.67. The minimum atomic E-state index is 0.122. The molecular weight excluding hydrogens is 350 g/mol. The first-order chi connectivity index (χ1) is 13.8. The lowest BCUT2D eigenvalue weighted by Crippen LogP contribution is -2.54. The van der Waals surface area contributed by atoms with E-state index in [1.54, 1.807) is 6.20 Å². The van der Waals surface area contributed by atoms with Crippen LogP contribution >= 0.6 is 0 Å². The standard InChI is InChI=1S/C22H27N5O/c28-22(24-20-14-19(20)16-6-2-1-3-7-16)27(17-10-11-17)18-8-5-13-26(15-18)21-9-4-12-23-25-21/h1-4,6-7,9,12,17-20H,5,8,10-11,13-15H2,(H,24,28)/t18-,19-,20+/m1/s1. The largest absolute Gasteiger partial charge is 0.353 e. The molecule has 2 aromatic rings. The van der Waals surface area contributed by atoms with Crippen LogP contribution in [0.15, 0.2) is 48.7 Å². The quantitative estimate of drug-likeness (QED) is 0.869. The van der Waals surface area contributed by atoms with E-state index in [1.807, 2.05) is 18.2 Å². The summed E-state index contributed by atoms with van der Waals surface area (Å²) in [6.45, 7) is 1.82. The molecule has 28 heavy (non-hydrogen) atoms. The second-order valence-electron chi connectivity index (χ2n) is 8.27. The third kappa shape index (κ3) is 3.68. The Kier molecular flexibility index (Phi) is 4.63. The number of carbonyl (C=O) groups is 1. The van der Waals surface area contributed by atoms with Crippen molar-refractivity contribution in [2.24, 2.45) is 0 Å². The molecule has 6 nitrogen and oxygen atoms in total.